The number of carboxylic acids is 1. The second-order valence-corrected chi connectivity index (χ2v) is 5.66. The lowest BCUT2D eigenvalue weighted by atomic mass is 10.1. The summed E-state index contributed by atoms with van der Waals surface area (Å²) in [5.41, 5.74) is 1.48. The highest BCUT2D eigenvalue weighted by Gasteiger charge is 2.38. The summed E-state index contributed by atoms with van der Waals surface area (Å²) in [6.45, 7) is 2.15. The lowest BCUT2D eigenvalue weighted by Crippen LogP contribution is -1.99. The van der Waals surface area contributed by atoms with E-state index in [1.54, 1.807) is 0 Å². The van der Waals surface area contributed by atoms with Crippen LogP contribution in [-0.4, -0.2) is 11.1 Å². The molecular weight excluding hydrogens is 252 g/mol. The van der Waals surface area contributed by atoms with Crippen LogP contribution in [0, 0.1) is 5.92 Å². The average Bonchev–Trinajstić information content (AvgIpc) is 2.60. The van der Waals surface area contributed by atoms with Gasteiger partial charge in [-0.1, -0.05) is 6.92 Å². The topological polar surface area (TPSA) is 37.3 Å². The van der Waals surface area contributed by atoms with Crippen LogP contribution in [0.1, 0.15) is 35.2 Å². The third kappa shape index (κ3) is 1.53. The molecule has 1 saturated carbocycles. The molecule has 0 aliphatic heterocycles. The number of carbonyl (C=O) groups is 1. The molecule has 0 amide bonds. The van der Waals surface area contributed by atoms with Crippen LogP contribution in [0.25, 0.3) is 0 Å². The van der Waals surface area contributed by atoms with E-state index in [4.69, 9.17) is 5.11 Å². The van der Waals surface area contributed by atoms with Gasteiger partial charge in [-0.2, -0.15) is 0 Å². The molecule has 0 aromatic carbocycles. The zero-order valence-corrected chi connectivity index (χ0v) is 9.48. The SMILES string of the molecule is CC1CC1c1csc(Br)c1C(=O)O. The first-order chi connectivity index (χ1) is 6.11. The van der Waals surface area contributed by atoms with Crippen molar-refractivity contribution in [3.8, 4) is 0 Å². The Bertz CT molecular complexity index is 358. The van der Waals surface area contributed by atoms with Gasteiger partial charge in [0.25, 0.3) is 0 Å². The Labute approximate surface area is 88.7 Å². The van der Waals surface area contributed by atoms with E-state index >= 15 is 0 Å². The summed E-state index contributed by atoms with van der Waals surface area (Å²) in [7, 11) is 0. The van der Waals surface area contributed by atoms with Gasteiger partial charge in [0.05, 0.1) is 9.35 Å². The van der Waals surface area contributed by atoms with E-state index in [0.29, 0.717) is 17.4 Å². The van der Waals surface area contributed by atoms with Crippen LogP contribution in [0.4, 0.5) is 0 Å². The van der Waals surface area contributed by atoms with Gasteiger partial charge in [-0.05, 0) is 45.1 Å². The quantitative estimate of drug-likeness (QED) is 0.886. The van der Waals surface area contributed by atoms with Crippen LogP contribution in [-0.2, 0) is 0 Å². The Morgan fingerprint density at radius 3 is 2.85 bits per heavy atom. The molecule has 0 saturated heterocycles. The van der Waals surface area contributed by atoms with Crippen molar-refractivity contribution in [1.29, 1.82) is 0 Å². The van der Waals surface area contributed by atoms with Crippen molar-refractivity contribution in [3.63, 3.8) is 0 Å². The van der Waals surface area contributed by atoms with E-state index in [9.17, 15) is 4.79 Å². The molecule has 0 spiro atoms. The van der Waals surface area contributed by atoms with Gasteiger partial charge in [0.1, 0.15) is 0 Å². The highest BCUT2D eigenvalue weighted by atomic mass is 79.9. The first kappa shape index (κ1) is 9.21. The normalized spacial score (nSPS) is 26.0. The molecular formula is C9H9BrO2S. The minimum absolute atomic E-state index is 0.472. The number of carboxylic acid groups (broad SMARTS) is 1. The zero-order chi connectivity index (χ0) is 9.59. The summed E-state index contributed by atoms with van der Waals surface area (Å²) in [6.07, 6.45) is 1.13. The van der Waals surface area contributed by atoms with Crippen LogP contribution < -0.4 is 0 Å². The smallest absolute Gasteiger partial charge is 0.338 e. The fourth-order valence-corrected chi connectivity index (χ4v) is 3.11. The van der Waals surface area contributed by atoms with Crippen LogP contribution in [0.5, 0.6) is 0 Å². The first-order valence-electron chi connectivity index (χ1n) is 4.11. The standard InChI is InChI=1S/C9H9BrO2S/c1-4-2-5(4)6-3-13-8(10)7(6)9(11)12/h3-5H,2H2,1H3,(H,11,12). The fourth-order valence-electron chi connectivity index (χ4n) is 1.58. The highest BCUT2D eigenvalue weighted by molar-refractivity contribution is 9.11. The predicted octanol–water partition coefficient (Wildman–Crippen LogP) is 3.33. The first-order valence-corrected chi connectivity index (χ1v) is 5.78. The second kappa shape index (κ2) is 3.10. The number of thiophene rings is 1. The summed E-state index contributed by atoms with van der Waals surface area (Å²) in [4.78, 5) is 10.9. The lowest BCUT2D eigenvalue weighted by Gasteiger charge is -1.97. The average molecular weight is 261 g/mol. The van der Waals surface area contributed by atoms with E-state index in [-0.39, 0.29) is 0 Å². The van der Waals surface area contributed by atoms with E-state index in [1.165, 1.54) is 11.3 Å². The van der Waals surface area contributed by atoms with Crippen LogP contribution in [0.3, 0.4) is 0 Å². The second-order valence-electron chi connectivity index (χ2n) is 3.46. The Morgan fingerprint density at radius 1 is 1.77 bits per heavy atom. The Hall–Kier alpha value is -0.350. The van der Waals surface area contributed by atoms with Gasteiger partial charge in [-0.3, -0.25) is 0 Å². The van der Waals surface area contributed by atoms with Gasteiger partial charge in [0.15, 0.2) is 0 Å². The van der Waals surface area contributed by atoms with Gasteiger partial charge in [-0.25, -0.2) is 4.79 Å². The van der Waals surface area contributed by atoms with E-state index in [1.807, 2.05) is 5.38 Å². The molecule has 2 nitrogen and oxygen atoms in total. The van der Waals surface area contributed by atoms with Crippen molar-refractivity contribution in [2.45, 2.75) is 19.3 Å². The summed E-state index contributed by atoms with van der Waals surface area (Å²) < 4.78 is 0.745. The molecule has 2 atom stereocenters. The maximum Gasteiger partial charge on any atom is 0.338 e. The monoisotopic (exact) mass is 260 g/mol. The molecule has 70 valence electrons. The summed E-state index contributed by atoms with van der Waals surface area (Å²) in [5, 5.41) is 10.9. The van der Waals surface area contributed by atoms with E-state index in [2.05, 4.69) is 22.9 Å². The highest BCUT2D eigenvalue weighted by Crippen LogP contribution is 2.50. The number of hydrogen-bond acceptors (Lipinski definition) is 2. The summed E-state index contributed by atoms with van der Waals surface area (Å²) in [6, 6.07) is 0. The number of rotatable bonds is 2. The third-order valence-electron chi connectivity index (χ3n) is 2.50. The molecule has 0 bridgehead atoms. The van der Waals surface area contributed by atoms with Crippen LogP contribution >= 0.6 is 27.3 Å². The zero-order valence-electron chi connectivity index (χ0n) is 7.08. The molecule has 1 aromatic rings. The maximum atomic E-state index is 10.9. The Morgan fingerprint density at radius 2 is 2.38 bits per heavy atom. The van der Waals surface area contributed by atoms with Gasteiger partial charge in [0, 0.05) is 0 Å². The van der Waals surface area contributed by atoms with Crippen molar-refractivity contribution in [1.82, 2.24) is 0 Å². The van der Waals surface area contributed by atoms with Crippen molar-refractivity contribution < 1.29 is 9.90 Å². The minimum Gasteiger partial charge on any atom is -0.478 e. The Kier molecular flexibility index (Phi) is 2.20. The molecule has 1 aliphatic carbocycles. The summed E-state index contributed by atoms with van der Waals surface area (Å²) in [5.74, 6) is 0.315. The Balaban J connectivity index is 2.40. The van der Waals surface area contributed by atoms with Crippen LogP contribution in [0.15, 0.2) is 9.17 Å². The molecule has 0 radical (unpaired) electrons. The maximum absolute atomic E-state index is 10.9. The molecule has 1 aromatic heterocycles. The van der Waals surface area contributed by atoms with E-state index in [0.717, 1.165) is 15.8 Å². The van der Waals surface area contributed by atoms with Crippen molar-refractivity contribution in [3.05, 3.63) is 20.3 Å². The summed E-state index contributed by atoms with van der Waals surface area (Å²) >= 11 is 4.74. The molecule has 1 N–H and O–H groups in total. The van der Waals surface area contributed by atoms with Gasteiger partial charge < -0.3 is 5.11 Å². The molecule has 2 unspecified atom stereocenters. The molecule has 1 aliphatic rings. The molecule has 4 heteroatoms. The van der Waals surface area contributed by atoms with Crippen molar-refractivity contribution in [2.24, 2.45) is 5.92 Å². The number of aromatic carboxylic acids is 1. The minimum atomic E-state index is -0.817. The van der Waals surface area contributed by atoms with Crippen molar-refractivity contribution in [2.75, 3.05) is 0 Å². The van der Waals surface area contributed by atoms with Crippen molar-refractivity contribution >= 4 is 33.2 Å². The van der Waals surface area contributed by atoms with Gasteiger partial charge in [-0.15, -0.1) is 11.3 Å². The lowest BCUT2D eigenvalue weighted by molar-refractivity contribution is 0.0695. The fraction of sp³-hybridized carbons (Fsp3) is 0.444. The third-order valence-corrected chi connectivity index (χ3v) is 4.24. The van der Waals surface area contributed by atoms with Gasteiger partial charge in [0.2, 0.25) is 0 Å². The number of halogens is 1. The molecule has 2 rings (SSSR count). The van der Waals surface area contributed by atoms with Gasteiger partial charge >= 0.3 is 5.97 Å². The van der Waals surface area contributed by atoms with Crippen LogP contribution in [0.2, 0.25) is 0 Å². The molecule has 13 heavy (non-hydrogen) atoms. The van der Waals surface area contributed by atoms with E-state index < -0.39 is 5.97 Å². The number of hydrogen-bond donors (Lipinski definition) is 1. The predicted molar refractivity (Wildman–Crippen MR) is 55.5 cm³/mol. The largest absolute Gasteiger partial charge is 0.478 e. The molecule has 1 fully saturated rings. The molecule has 1 heterocycles.